The van der Waals surface area contributed by atoms with Gasteiger partial charge in [0.25, 0.3) is 0 Å². The number of rotatable bonds is 3. The van der Waals surface area contributed by atoms with Crippen molar-refractivity contribution >= 4 is 17.4 Å². The van der Waals surface area contributed by atoms with Crippen molar-refractivity contribution in [2.75, 3.05) is 6.61 Å². The highest BCUT2D eigenvalue weighted by Crippen LogP contribution is 2.04. The molecule has 7 nitrogen and oxygen atoms in total. The molecule has 1 aromatic heterocycles. The summed E-state index contributed by atoms with van der Waals surface area (Å²) in [5.74, 6) is 1.22. The topological polar surface area (TPSA) is 105 Å². The van der Waals surface area contributed by atoms with Crippen LogP contribution in [0.5, 0.6) is 0 Å². The zero-order valence-electron chi connectivity index (χ0n) is 6.87. The molecule has 0 unspecified atom stereocenters. The van der Waals surface area contributed by atoms with Crippen LogP contribution in [0.15, 0.2) is 0 Å². The normalized spacial score (nSPS) is 9.00. The minimum atomic E-state index is -0.682. The molecule has 0 fully saturated rings. The first-order chi connectivity index (χ1) is 6.29. The molecular weight excluding hydrogens is 174 g/mol. The molecule has 0 saturated heterocycles. The predicted octanol–water partition coefficient (Wildman–Crippen LogP) is -0.605. The molecule has 13 heavy (non-hydrogen) atoms. The second-order valence-electron chi connectivity index (χ2n) is 1.96. The molecule has 0 atom stereocenters. The van der Waals surface area contributed by atoms with E-state index in [2.05, 4.69) is 25.4 Å². The Bertz CT molecular complexity index is 338. The van der Waals surface area contributed by atoms with E-state index < -0.39 is 5.97 Å². The lowest BCUT2D eigenvalue weighted by Crippen LogP contribution is -2.08. The molecule has 0 amide bonds. The molecule has 1 heterocycles. The molecule has 0 aliphatic heterocycles. The van der Waals surface area contributed by atoms with E-state index in [4.69, 9.17) is 5.41 Å². The van der Waals surface area contributed by atoms with Crippen LogP contribution >= 0.6 is 0 Å². The molecule has 0 aromatic carbocycles. The van der Waals surface area contributed by atoms with Crippen LogP contribution in [0.1, 0.15) is 12.7 Å². The minimum Gasteiger partial charge on any atom is -0.462 e. The second-order valence-corrected chi connectivity index (χ2v) is 1.96. The van der Waals surface area contributed by atoms with Gasteiger partial charge in [-0.05, 0) is 18.0 Å². The molecule has 2 N–H and O–H groups in total. The highest BCUT2D eigenvalue weighted by molar-refractivity contribution is 6.24. The number of nitrogens with one attached hydrogen (secondary N) is 2. The van der Waals surface area contributed by atoms with Gasteiger partial charge < -0.3 is 4.74 Å². The third-order valence-corrected chi connectivity index (χ3v) is 1.17. The first kappa shape index (κ1) is 9.08. The van der Waals surface area contributed by atoms with Gasteiger partial charge in [-0.25, -0.2) is 4.79 Å². The van der Waals surface area contributed by atoms with E-state index in [-0.39, 0.29) is 18.0 Å². The van der Waals surface area contributed by atoms with Gasteiger partial charge in [-0.3, -0.25) is 5.41 Å². The van der Waals surface area contributed by atoms with Crippen molar-refractivity contribution in [3.8, 4) is 0 Å². The van der Waals surface area contributed by atoms with E-state index >= 15 is 0 Å². The van der Waals surface area contributed by atoms with Crippen molar-refractivity contribution in [1.29, 1.82) is 5.41 Å². The Balaban J connectivity index is 2.88. The number of tetrazole rings is 1. The predicted molar refractivity (Wildman–Crippen MR) is 41.9 cm³/mol. The third-order valence-electron chi connectivity index (χ3n) is 1.17. The molecule has 1 aromatic rings. The lowest BCUT2D eigenvalue weighted by atomic mass is 10.3. The zero-order valence-corrected chi connectivity index (χ0v) is 6.87. The van der Waals surface area contributed by atoms with E-state index in [0.717, 1.165) is 0 Å². The molecule has 1 rings (SSSR count). The van der Waals surface area contributed by atoms with Crippen LogP contribution in [0.2, 0.25) is 0 Å². The number of hydrogen-bond acceptors (Lipinski definition) is 6. The number of carbonyl (C=O) groups is 1. The smallest absolute Gasteiger partial charge is 0.351 e. The summed E-state index contributed by atoms with van der Waals surface area (Å²) in [6.07, 6.45) is 0. The number of H-pyrrole nitrogens is 1. The van der Waals surface area contributed by atoms with Crippen molar-refractivity contribution < 1.29 is 9.53 Å². The van der Waals surface area contributed by atoms with Gasteiger partial charge in [-0.2, -0.15) is 5.21 Å². The molecular formula is C6H7N5O2. The van der Waals surface area contributed by atoms with Crippen molar-refractivity contribution in [1.82, 2.24) is 20.6 Å². The quantitative estimate of drug-likeness (QED) is 0.368. The van der Waals surface area contributed by atoms with E-state index in [1.165, 1.54) is 0 Å². The first-order valence-electron chi connectivity index (χ1n) is 3.50. The van der Waals surface area contributed by atoms with Gasteiger partial charge in [-0.15, -0.1) is 10.2 Å². The van der Waals surface area contributed by atoms with Gasteiger partial charge in [0.05, 0.1) is 6.61 Å². The fraction of sp³-hybridized carbons (Fsp3) is 0.333. The Morgan fingerprint density at radius 3 is 3.00 bits per heavy atom. The lowest BCUT2D eigenvalue weighted by Gasteiger charge is -1.98. The number of hydrogen-bond donors (Lipinski definition) is 2. The Hall–Kier alpha value is -2.01. The Labute approximate surface area is 73.3 Å². The van der Waals surface area contributed by atoms with Crippen LogP contribution in [0, 0.1) is 5.41 Å². The lowest BCUT2D eigenvalue weighted by molar-refractivity contribution is -0.136. The maximum atomic E-state index is 11.1. The van der Waals surface area contributed by atoms with Gasteiger partial charge in [-0.1, -0.05) is 0 Å². The van der Waals surface area contributed by atoms with E-state index in [9.17, 15) is 4.79 Å². The maximum Gasteiger partial charge on any atom is 0.351 e. The highest BCUT2D eigenvalue weighted by Gasteiger charge is 2.17. The zero-order chi connectivity index (χ0) is 9.68. The van der Waals surface area contributed by atoms with Crippen molar-refractivity contribution in [2.24, 2.45) is 0 Å². The highest BCUT2D eigenvalue weighted by atomic mass is 16.5. The number of nitrogens with zero attached hydrogens (tertiary/aromatic N) is 3. The van der Waals surface area contributed by atoms with E-state index in [1.54, 1.807) is 6.92 Å². The van der Waals surface area contributed by atoms with Gasteiger partial charge in [0.15, 0.2) is 5.57 Å². The average Bonchev–Trinajstić information content (AvgIpc) is 2.59. The molecule has 0 radical (unpaired) electrons. The summed E-state index contributed by atoms with van der Waals surface area (Å²) in [6, 6.07) is 0. The van der Waals surface area contributed by atoms with E-state index in [0.29, 0.717) is 0 Å². The van der Waals surface area contributed by atoms with Gasteiger partial charge in [0.1, 0.15) is 0 Å². The van der Waals surface area contributed by atoms with Crippen LogP contribution < -0.4 is 0 Å². The fourth-order valence-corrected chi connectivity index (χ4v) is 0.669. The molecule has 0 aliphatic rings. The monoisotopic (exact) mass is 181 g/mol. The summed E-state index contributed by atoms with van der Waals surface area (Å²) in [5, 5.41) is 19.3. The largest absolute Gasteiger partial charge is 0.462 e. The maximum absolute atomic E-state index is 11.1. The molecule has 68 valence electrons. The fourth-order valence-electron chi connectivity index (χ4n) is 0.669. The van der Waals surface area contributed by atoms with Crippen LogP contribution in [0.25, 0.3) is 5.57 Å². The van der Waals surface area contributed by atoms with Gasteiger partial charge in [0.2, 0.25) is 5.82 Å². The van der Waals surface area contributed by atoms with Crippen molar-refractivity contribution in [3.05, 3.63) is 5.82 Å². The van der Waals surface area contributed by atoms with Crippen LogP contribution in [0.4, 0.5) is 0 Å². The molecule has 0 bridgehead atoms. The summed E-state index contributed by atoms with van der Waals surface area (Å²) in [7, 11) is 0. The molecule has 0 aliphatic carbocycles. The summed E-state index contributed by atoms with van der Waals surface area (Å²) < 4.78 is 4.64. The first-order valence-corrected chi connectivity index (χ1v) is 3.50. The summed E-state index contributed by atoms with van der Waals surface area (Å²) in [4.78, 5) is 11.1. The molecule has 7 heteroatoms. The van der Waals surface area contributed by atoms with Crippen molar-refractivity contribution in [3.63, 3.8) is 0 Å². The SMILES string of the molecule is CCOC(=O)C(=C=N)c1nn[nH]n1. The molecule has 0 spiro atoms. The Morgan fingerprint density at radius 2 is 2.54 bits per heavy atom. The number of ether oxygens (including phenoxy) is 1. The van der Waals surface area contributed by atoms with Gasteiger partial charge >= 0.3 is 5.97 Å². The summed E-state index contributed by atoms with van der Waals surface area (Å²) in [6.45, 7) is 1.89. The van der Waals surface area contributed by atoms with Gasteiger partial charge in [0, 0.05) is 0 Å². The van der Waals surface area contributed by atoms with Crippen LogP contribution in [0.3, 0.4) is 0 Å². The number of carbonyl (C=O) groups excluding carboxylic acids is 1. The average molecular weight is 181 g/mol. The Morgan fingerprint density at radius 1 is 1.77 bits per heavy atom. The third kappa shape index (κ3) is 1.97. The second kappa shape index (κ2) is 4.13. The summed E-state index contributed by atoms with van der Waals surface area (Å²) >= 11 is 0. The van der Waals surface area contributed by atoms with Crippen LogP contribution in [-0.4, -0.2) is 39.1 Å². The number of aromatic amines is 1. The summed E-state index contributed by atoms with van der Waals surface area (Å²) in [5.41, 5.74) is -0.143. The minimum absolute atomic E-state index is 0.00782. The van der Waals surface area contributed by atoms with Crippen LogP contribution in [-0.2, 0) is 9.53 Å². The molecule has 0 saturated carbocycles. The van der Waals surface area contributed by atoms with E-state index in [1.807, 2.05) is 5.87 Å². The Kier molecular flexibility index (Phi) is 2.88. The van der Waals surface area contributed by atoms with Crippen molar-refractivity contribution in [2.45, 2.75) is 6.92 Å². The standard InChI is InChI=1S/C6H7N5O2/c1-2-13-6(12)4(3-7)5-8-10-11-9-5/h7H,2H2,1H3,(H,8,9,10,11). The number of aromatic nitrogens is 4. The number of esters is 1.